The number of anilines is 1. The number of nitrogens with two attached hydrogens (primary N) is 1. The number of nitrogens with zero attached hydrogens (tertiary/aromatic N) is 2. The molecule has 0 aliphatic carbocycles. The van der Waals surface area contributed by atoms with Crippen molar-refractivity contribution in [2.75, 3.05) is 5.73 Å². The molecular weight excluding hydrogens is 214 g/mol. The Balaban J connectivity index is 2.87. The fourth-order valence-electron chi connectivity index (χ4n) is 0.626. The van der Waals surface area contributed by atoms with Gasteiger partial charge in [0.05, 0.1) is 10.7 Å². The summed E-state index contributed by atoms with van der Waals surface area (Å²) >= 11 is 3.10. The molecular formula is C5H6BrN3O2. The number of halogens is 1. The Morgan fingerprint density at radius 2 is 2.55 bits per heavy atom. The van der Waals surface area contributed by atoms with Gasteiger partial charge in [0.15, 0.2) is 0 Å². The van der Waals surface area contributed by atoms with E-state index in [1.54, 1.807) is 0 Å². The zero-order valence-electron chi connectivity index (χ0n) is 5.49. The Labute approximate surface area is 70.9 Å². The van der Waals surface area contributed by atoms with E-state index in [1.165, 1.54) is 10.9 Å². The number of aromatic nitrogens is 2. The molecule has 11 heavy (non-hydrogen) atoms. The highest BCUT2D eigenvalue weighted by molar-refractivity contribution is 9.10. The predicted molar refractivity (Wildman–Crippen MR) is 42.0 cm³/mol. The summed E-state index contributed by atoms with van der Waals surface area (Å²) in [7, 11) is 0. The van der Waals surface area contributed by atoms with E-state index < -0.39 is 5.97 Å². The molecule has 6 heteroatoms. The van der Waals surface area contributed by atoms with Gasteiger partial charge >= 0.3 is 5.97 Å². The van der Waals surface area contributed by atoms with Crippen LogP contribution in [-0.2, 0) is 11.3 Å². The highest BCUT2D eigenvalue weighted by Gasteiger charge is 2.06. The van der Waals surface area contributed by atoms with E-state index in [1.807, 2.05) is 0 Å². The highest BCUT2D eigenvalue weighted by Crippen LogP contribution is 2.17. The second-order valence-corrected chi connectivity index (χ2v) is 2.78. The third-order valence-electron chi connectivity index (χ3n) is 1.12. The van der Waals surface area contributed by atoms with Crippen LogP contribution in [0.15, 0.2) is 10.7 Å². The molecule has 1 aromatic heterocycles. The minimum Gasteiger partial charge on any atom is -0.480 e. The lowest BCUT2D eigenvalue weighted by molar-refractivity contribution is -0.137. The molecule has 0 radical (unpaired) electrons. The third kappa shape index (κ3) is 1.70. The fourth-order valence-corrected chi connectivity index (χ4v) is 0.922. The van der Waals surface area contributed by atoms with Gasteiger partial charge in [0.1, 0.15) is 12.4 Å². The van der Waals surface area contributed by atoms with Crippen molar-refractivity contribution in [3.05, 3.63) is 10.7 Å². The summed E-state index contributed by atoms with van der Waals surface area (Å²) < 4.78 is 1.81. The number of nitrogen functional groups attached to an aromatic ring is 1. The lowest BCUT2D eigenvalue weighted by Crippen LogP contribution is -2.12. The second kappa shape index (κ2) is 2.91. The molecule has 0 spiro atoms. The largest absolute Gasteiger partial charge is 0.480 e. The third-order valence-corrected chi connectivity index (χ3v) is 1.73. The van der Waals surface area contributed by atoms with Gasteiger partial charge in [0, 0.05) is 0 Å². The number of carboxylic acids is 1. The first kappa shape index (κ1) is 8.06. The molecule has 0 amide bonds. The predicted octanol–water partition coefficient (Wildman–Crippen LogP) is 0.312. The van der Waals surface area contributed by atoms with Crippen LogP contribution in [0.4, 0.5) is 5.82 Å². The van der Waals surface area contributed by atoms with E-state index in [2.05, 4.69) is 21.0 Å². The van der Waals surface area contributed by atoms with Crippen molar-refractivity contribution < 1.29 is 9.90 Å². The normalized spacial score (nSPS) is 9.91. The maximum absolute atomic E-state index is 10.2. The van der Waals surface area contributed by atoms with Crippen molar-refractivity contribution in [3.63, 3.8) is 0 Å². The lowest BCUT2D eigenvalue weighted by atomic mass is 10.6. The molecule has 0 atom stereocenters. The summed E-state index contributed by atoms with van der Waals surface area (Å²) in [6.07, 6.45) is 1.46. The molecule has 0 fully saturated rings. The quantitative estimate of drug-likeness (QED) is 0.751. The molecule has 0 aliphatic heterocycles. The van der Waals surface area contributed by atoms with Gasteiger partial charge in [-0.2, -0.15) is 5.10 Å². The first-order valence-corrected chi connectivity index (χ1v) is 3.59. The molecule has 3 N–H and O–H groups in total. The van der Waals surface area contributed by atoms with Gasteiger partial charge in [-0.05, 0) is 15.9 Å². The summed E-state index contributed by atoms with van der Waals surface area (Å²) in [5, 5.41) is 12.1. The topological polar surface area (TPSA) is 81.1 Å². The van der Waals surface area contributed by atoms with Crippen molar-refractivity contribution in [3.8, 4) is 0 Å². The lowest BCUT2D eigenvalue weighted by Gasteiger charge is -1.97. The van der Waals surface area contributed by atoms with Crippen LogP contribution in [0.3, 0.4) is 0 Å². The van der Waals surface area contributed by atoms with Gasteiger partial charge in [0.25, 0.3) is 0 Å². The Morgan fingerprint density at radius 3 is 2.91 bits per heavy atom. The van der Waals surface area contributed by atoms with E-state index in [0.717, 1.165) is 0 Å². The van der Waals surface area contributed by atoms with Crippen molar-refractivity contribution >= 4 is 27.7 Å². The van der Waals surface area contributed by atoms with E-state index in [4.69, 9.17) is 10.8 Å². The van der Waals surface area contributed by atoms with Crippen LogP contribution in [0, 0.1) is 0 Å². The number of hydrogen-bond acceptors (Lipinski definition) is 3. The molecule has 1 heterocycles. The van der Waals surface area contributed by atoms with Gasteiger partial charge < -0.3 is 10.8 Å². The standard InChI is InChI=1S/C5H6BrN3O2/c6-3-1-8-9(5(3)7)2-4(10)11/h1H,2,7H2,(H,10,11). The van der Waals surface area contributed by atoms with Gasteiger partial charge in [-0.3, -0.25) is 4.79 Å². The Morgan fingerprint density at radius 1 is 1.91 bits per heavy atom. The van der Waals surface area contributed by atoms with E-state index >= 15 is 0 Å². The Hall–Kier alpha value is -1.04. The zero-order valence-corrected chi connectivity index (χ0v) is 7.08. The highest BCUT2D eigenvalue weighted by atomic mass is 79.9. The number of carbonyl (C=O) groups is 1. The monoisotopic (exact) mass is 219 g/mol. The van der Waals surface area contributed by atoms with Gasteiger partial charge in [-0.1, -0.05) is 0 Å². The van der Waals surface area contributed by atoms with E-state index in [0.29, 0.717) is 10.3 Å². The van der Waals surface area contributed by atoms with Gasteiger partial charge in [-0.15, -0.1) is 0 Å². The fraction of sp³-hybridized carbons (Fsp3) is 0.200. The molecule has 0 aromatic carbocycles. The van der Waals surface area contributed by atoms with Crippen LogP contribution in [0.25, 0.3) is 0 Å². The van der Waals surface area contributed by atoms with Crippen LogP contribution in [-0.4, -0.2) is 20.9 Å². The Bertz CT molecular complexity index is 283. The number of rotatable bonds is 2. The smallest absolute Gasteiger partial charge is 0.325 e. The number of aliphatic carboxylic acids is 1. The summed E-state index contributed by atoms with van der Waals surface area (Å²) in [5.74, 6) is -0.639. The molecule has 1 rings (SSSR count). The summed E-state index contributed by atoms with van der Waals surface area (Å²) in [4.78, 5) is 10.2. The number of carboxylic acid groups (broad SMARTS) is 1. The Kier molecular flexibility index (Phi) is 2.13. The van der Waals surface area contributed by atoms with Crippen molar-refractivity contribution in [2.45, 2.75) is 6.54 Å². The molecule has 5 nitrogen and oxygen atoms in total. The van der Waals surface area contributed by atoms with Crippen LogP contribution < -0.4 is 5.73 Å². The van der Waals surface area contributed by atoms with Crippen molar-refractivity contribution in [2.24, 2.45) is 0 Å². The minimum absolute atomic E-state index is 0.211. The summed E-state index contributed by atoms with van der Waals surface area (Å²) in [6, 6.07) is 0. The van der Waals surface area contributed by atoms with Crippen LogP contribution in [0.1, 0.15) is 0 Å². The van der Waals surface area contributed by atoms with Crippen LogP contribution in [0.2, 0.25) is 0 Å². The second-order valence-electron chi connectivity index (χ2n) is 1.93. The zero-order chi connectivity index (χ0) is 8.43. The van der Waals surface area contributed by atoms with E-state index in [-0.39, 0.29) is 6.54 Å². The summed E-state index contributed by atoms with van der Waals surface area (Å²) in [6.45, 7) is -0.211. The van der Waals surface area contributed by atoms with Gasteiger partial charge in [-0.25, -0.2) is 4.68 Å². The SMILES string of the molecule is Nc1c(Br)cnn1CC(=O)O. The maximum Gasteiger partial charge on any atom is 0.325 e. The number of hydrogen-bond donors (Lipinski definition) is 2. The first-order chi connectivity index (χ1) is 5.11. The molecule has 0 saturated carbocycles. The van der Waals surface area contributed by atoms with E-state index in [9.17, 15) is 4.79 Å². The first-order valence-electron chi connectivity index (χ1n) is 2.80. The molecule has 0 aliphatic rings. The molecule has 60 valence electrons. The average molecular weight is 220 g/mol. The van der Waals surface area contributed by atoms with Crippen molar-refractivity contribution in [1.29, 1.82) is 0 Å². The average Bonchev–Trinajstić information content (AvgIpc) is 2.18. The molecule has 0 unspecified atom stereocenters. The van der Waals surface area contributed by atoms with Crippen LogP contribution >= 0.6 is 15.9 Å². The maximum atomic E-state index is 10.2. The molecule has 0 bridgehead atoms. The van der Waals surface area contributed by atoms with Crippen molar-refractivity contribution in [1.82, 2.24) is 9.78 Å². The molecule has 1 aromatic rings. The summed E-state index contributed by atoms with van der Waals surface area (Å²) in [5.41, 5.74) is 5.44. The minimum atomic E-state index is -0.965. The van der Waals surface area contributed by atoms with Gasteiger partial charge in [0.2, 0.25) is 0 Å². The van der Waals surface area contributed by atoms with Crippen LogP contribution in [0.5, 0.6) is 0 Å². The molecule has 0 saturated heterocycles.